The molecule has 78 valence electrons. The summed E-state index contributed by atoms with van der Waals surface area (Å²) in [7, 11) is 2.06. The third-order valence-corrected chi connectivity index (χ3v) is 2.52. The molecule has 0 unspecified atom stereocenters. The first-order chi connectivity index (χ1) is 7.31. The molecule has 15 heavy (non-hydrogen) atoms. The molecule has 0 aliphatic rings. The van der Waals surface area contributed by atoms with Gasteiger partial charge in [0.1, 0.15) is 5.82 Å². The van der Waals surface area contributed by atoms with Crippen molar-refractivity contribution >= 4 is 0 Å². The molecule has 1 heterocycles. The topological polar surface area (TPSA) is 17.8 Å². The van der Waals surface area contributed by atoms with Crippen molar-refractivity contribution in [1.29, 1.82) is 0 Å². The van der Waals surface area contributed by atoms with Gasteiger partial charge in [0.15, 0.2) is 0 Å². The van der Waals surface area contributed by atoms with Crippen LogP contribution in [-0.2, 0) is 13.5 Å². The van der Waals surface area contributed by atoms with Gasteiger partial charge in [0, 0.05) is 25.2 Å². The van der Waals surface area contributed by atoms with Crippen molar-refractivity contribution in [1.82, 2.24) is 9.55 Å². The van der Waals surface area contributed by atoms with Crippen LogP contribution >= 0.6 is 0 Å². The van der Waals surface area contributed by atoms with Gasteiger partial charge < -0.3 is 4.57 Å². The SMILES string of the molecule is CCCc1nc(-c2ccccc2)cn1C. The van der Waals surface area contributed by atoms with Crippen LogP contribution in [0.3, 0.4) is 0 Å². The molecule has 1 aromatic carbocycles. The average molecular weight is 200 g/mol. The average Bonchev–Trinajstić information content (AvgIpc) is 2.63. The molecule has 2 aromatic rings. The van der Waals surface area contributed by atoms with E-state index in [-0.39, 0.29) is 0 Å². The zero-order valence-corrected chi connectivity index (χ0v) is 9.27. The summed E-state index contributed by atoms with van der Waals surface area (Å²) in [6.07, 6.45) is 4.28. The minimum atomic E-state index is 1.04. The van der Waals surface area contributed by atoms with Gasteiger partial charge >= 0.3 is 0 Å². The van der Waals surface area contributed by atoms with Crippen molar-refractivity contribution < 1.29 is 0 Å². The summed E-state index contributed by atoms with van der Waals surface area (Å²) in [4.78, 5) is 4.63. The van der Waals surface area contributed by atoms with Crippen molar-refractivity contribution in [3.63, 3.8) is 0 Å². The molecule has 0 aliphatic carbocycles. The Labute approximate surface area is 90.6 Å². The van der Waals surface area contributed by atoms with E-state index in [4.69, 9.17) is 0 Å². The third-order valence-electron chi connectivity index (χ3n) is 2.52. The molecule has 0 saturated heterocycles. The standard InChI is InChI=1S/C13H16N2/c1-3-7-13-14-12(10-15(13)2)11-8-5-4-6-9-11/h4-6,8-10H,3,7H2,1-2H3. The van der Waals surface area contributed by atoms with Crippen molar-refractivity contribution in [3.05, 3.63) is 42.4 Å². The molecular formula is C13H16N2. The van der Waals surface area contributed by atoms with Gasteiger partial charge in [0.2, 0.25) is 0 Å². The van der Waals surface area contributed by atoms with Crippen LogP contribution in [0.1, 0.15) is 19.2 Å². The maximum Gasteiger partial charge on any atom is 0.109 e. The fourth-order valence-electron chi connectivity index (χ4n) is 1.71. The normalized spacial score (nSPS) is 10.5. The minimum Gasteiger partial charge on any atom is -0.337 e. The highest BCUT2D eigenvalue weighted by molar-refractivity contribution is 5.58. The summed E-state index contributed by atoms with van der Waals surface area (Å²) in [6, 6.07) is 10.3. The number of aromatic nitrogens is 2. The van der Waals surface area contributed by atoms with Crippen molar-refractivity contribution in [3.8, 4) is 11.3 Å². The van der Waals surface area contributed by atoms with E-state index in [1.807, 2.05) is 18.2 Å². The lowest BCUT2D eigenvalue weighted by molar-refractivity contribution is 0.759. The summed E-state index contributed by atoms with van der Waals surface area (Å²) in [6.45, 7) is 2.18. The van der Waals surface area contributed by atoms with Crippen molar-refractivity contribution in [2.24, 2.45) is 7.05 Å². The van der Waals surface area contributed by atoms with Crippen molar-refractivity contribution in [2.45, 2.75) is 19.8 Å². The number of hydrogen-bond donors (Lipinski definition) is 0. The Bertz CT molecular complexity index is 429. The molecular weight excluding hydrogens is 184 g/mol. The number of imidazole rings is 1. The summed E-state index contributed by atoms with van der Waals surface area (Å²) in [5.41, 5.74) is 2.26. The minimum absolute atomic E-state index is 1.04. The Hall–Kier alpha value is -1.57. The molecule has 0 amide bonds. The zero-order chi connectivity index (χ0) is 10.7. The van der Waals surface area contributed by atoms with Crippen LogP contribution in [0.5, 0.6) is 0 Å². The summed E-state index contributed by atoms with van der Waals surface area (Å²) >= 11 is 0. The van der Waals surface area contributed by atoms with E-state index in [1.165, 1.54) is 5.56 Å². The lowest BCUT2D eigenvalue weighted by Gasteiger charge is -1.95. The van der Waals surface area contributed by atoms with Crippen LogP contribution in [0.15, 0.2) is 36.5 Å². The van der Waals surface area contributed by atoms with E-state index in [0.29, 0.717) is 0 Å². The van der Waals surface area contributed by atoms with Crippen LogP contribution in [0.25, 0.3) is 11.3 Å². The molecule has 2 nitrogen and oxygen atoms in total. The molecule has 0 radical (unpaired) electrons. The first-order valence-electron chi connectivity index (χ1n) is 5.39. The van der Waals surface area contributed by atoms with Crippen LogP contribution in [-0.4, -0.2) is 9.55 Å². The Morgan fingerprint density at radius 1 is 1.20 bits per heavy atom. The molecule has 0 atom stereocenters. The van der Waals surface area contributed by atoms with E-state index in [2.05, 4.69) is 41.9 Å². The van der Waals surface area contributed by atoms with Gasteiger partial charge in [-0.2, -0.15) is 0 Å². The van der Waals surface area contributed by atoms with Gasteiger partial charge in [-0.15, -0.1) is 0 Å². The largest absolute Gasteiger partial charge is 0.337 e. The van der Waals surface area contributed by atoms with Crippen LogP contribution in [0.2, 0.25) is 0 Å². The monoisotopic (exact) mass is 200 g/mol. The molecule has 2 heteroatoms. The number of nitrogens with zero attached hydrogens (tertiary/aromatic N) is 2. The summed E-state index contributed by atoms with van der Waals surface area (Å²) in [5, 5.41) is 0. The molecule has 0 bridgehead atoms. The maximum absolute atomic E-state index is 4.63. The van der Waals surface area contributed by atoms with E-state index >= 15 is 0 Å². The van der Waals surface area contributed by atoms with Crippen LogP contribution in [0.4, 0.5) is 0 Å². The van der Waals surface area contributed by atoms with E-state index in [9.17, 15) is 0 Å². The number of benzene rings is 1. The van der Waals surface area contributed by atoms with Gasteiger partial charge in [-0.25, -0.2) is 4.98 Å². The number of rotatable bonds is 3. The Morgan fingerprint density at radius 3 is 2.60 bits per heavy atom. The lowest BCUT2D eigenvalue weighted by atomic mass is 10.2. The predicted octanol–water partition coefficient (Wildman–Crippen LogP) is 3.04. The maximum atomic E-state index is 4.63. The smallest absolute Gasteiger partial charge is 0.109 e. The molecule has 0 N–H and O–H groups in total. The molecule has 0 spiro atoms. The summed E-state index contributed by atoms with van der Waals surface area (Å²) < 4.78 is 2.12. The number of hydrogen-bond acceptors (Lipinski definition) is 1. The van der Waals surface area contributed by atoms with Gasteiger partial charge in [-0.1, -0.05) is 37.3 Å². The quantitative estimate of drug-likeness (QED) is 0.744. The van der Waals surface area contributed by atoms with Crippen LogP contribution in [0, 0.1) is 0 Å². The summed E-state index contributed by atoms with van der Waals surface area (Å²) in [5.74, 6) is 1.16. The van der Waals surface area contributed by atoms with Crippen molar-refractivity contribution in [2.75, 3.05) is 0 Å². The van der Waals surface area contributed by atoms with Gasteiger partial charge in [-0.3, -0.25) is 0 Å². The predicted molar refractivity (Wildman–Crippen MR) is 62.6 cm³/mol. The zero-order valence-electron chi connectivity index (χ0n) is 9.27. The highest BCUT2D eigenvalue weighted by atomic mass is 15.0. The Morgan fingerprint density at radius 2 is 1.93 bits per heavy atom. The Balaban J connectivity index is 2.34. The molecule has 0 saturated carbocycles. The lowest BCUT2D eigenvalue weighted by Crippen LogP contribution is -1.95. The van der Waals surface area contributed by atoms with Gasteiger partial charge in [-0.05, 0) is 6.42 Å². The first-order valence-corrected chi connectivity index (χ1v) is 5.39. The molecule has 1 aromatic heterocycles. The van der Waals surface area contributed by atoms with E-state index in [1.54, 1.807) is 0 Å². The second kappa shape index (κ2) is 4.30. The molecule has 0 fully saturated rings. The molecule has 2 rings (SSSR count). The second-order valence-electron chi connectivity index (χ2n) is 3.77. The highest BCUT2D eigenvalue weighted by Crippen LogP contribution is 2.17. The van der Waals surface area contributed by atoms with Crippen LogP contribution < -0.4 is 0 Å². The second-order valence-corrected chi connectivity index (χ2v) is 3.77. The Kier molecular flexibility index (Phi) is 2.86. The van der Waals surface area contributed by atoms with E-state index in [0.717, 1.165) is 24.4 Å². The highest BCUT2D eigenvalue weighted by Gasteiger charge is 2.05. The molecule has 0 aliphatic heterocycles. The number of aryl methyl sites for hydroxylation is 2. The fourth-order valence-corrected chi connectivity index (χ4v) is 1.71. The first kappa shape index (κ1) is 9.97. The third kappa shape index (κ3) is 2.09. The van der Waals surface area contributed by atoms with Gasteiger partial charge in [0.25, 0.3) is 0 Å². The van der Waals surface area contributed by atoms with Gasteiger partial charge in [0.05, 0.1) is 5.69 Å². The fraction of sp³-hybridized carbons (Fsp3) is 0.308. The van der Waals surface area contributed by atoms with E-state index < -0.39 is 0 Å².